The standard InChI is InChI=1S/C19H18Cl3N5O/c1-25-11-13(9-23-25)12-4-6-26(7-5-12)17-10-24-27(19(28)18(17)22)16-3-2-14(20)8-15(16)21/h2-3,8-12H,4-7H2,1H3. The van der Waals surface area contributed by atoms with Gasteiger partial charge in [-0.25, -0.2) is 0 Å². The molecular weight excluding hydrogens is 421 g/mol. The van der Waals surface area contributed by atoms with Crippen LogP contribution < -0.4 is 10.5 Å². The molecule has 0 bridgehead atoms. The number of rotatable bonds is 3. The highest BCUT2D eigenvalue weighted by atomic mass is 35.5. The van der Waals surface area contributed by atoms with Crippen LogP contribution in [0.5, 0.6) is 0 Å². The van der Waals surface area contributed by atoms with E-state index in [1.165, 1.54) is 10.2 Å². The Bertz CT molecular complexity index is 1070. The monoisotopic (exact) mass is 437 g/mol. The minimum atomic E-state index is -0.405. The highest BCUT2D eigenvalue weighted by Crippen LogP contribution is 2.32. The molecule has 0 aliphatic carbocycles. The smallest absolute Gasteiger partial charge is 0.292 e. The van der Waals surface area contributed by atoms with E-state index in [1.54, 1.807) is 24.4 Å². The van der Waals surface area contributed by atoms with Crippen molar-refractivity contribution < 1.29 is 0 Å². The Morgan fingerprint density at radius 1 is 1.04 bits per heavy atom. The van der Waals surface area contributed by atoms with E-state index in [2.05, 4.69) is 21.3 Å². The maximum atomic E-state index is 12.8. The summed E-state index contributed by atoms with van der Waals surface area (Å²) < 4.78 is 3.02. The lowest BCUT2D eigenvalue weighted by molar-refractivity contribution is 0.504. The van der Waals surface area contributed by atoms with Crippen LogP contribution in [-0.2, 0) is 7.05 Å². The quantitative estimate of drug-likeness (QED) is 0.611. The summed E-state index contributed by atoms with van der Waals surface area (Å²) in [7, 11) is 1.92. The van der Waals surface area contributed by atoms with Crippen molar-refractivity contribution in [3.8, 4) is 5.69 Å². The summed E-state index contributed by atoms with van der Waals surface area (Å²) in [6.45, 7) is 1.60. The van der Waals surface area contributed by atoms with Gasteiger partial charge in [-0.05, 0) is 42.5 Å². The van der Waals surface area contributed by atoms with Crippen molar-refractivity contribution in [3.63, 3.8) is 0 Å². The Hall–Kier alpha value is -2.02. The first kappa shape index (κ1) is 19.3. The minimum absolute atomic E-state index is 0.140. The van der Waals surface area contributed by atoms with Crippen molar-refractivity contribution in [2.24, 2.45) is 7.05 Å². The molecule has 1 aromatic carbocycles. The molecule has 4 rings (SSSR count). The number of hydrogen-bond acceptors (Lipinski definition) is 4. The first-order valence-corrected chi connectivity index (χ1v) is 10.0. The molecule has 1 aliphatic heterocycles. The Morgan fingerprint density at radius 2 is 1.79 bits per heavy atom. The van der Waals surface area contributed by atoms with Crippen LogP contribution in [0.1, 0.15) is 24.3 Å². The highest BCUT2D eigenvalue weighted by molar-refractivity contribution is 6.36. The summed E-state index contributed by atoms with van der Waals surface area (Å²) in [5.41, 5.74) is 1.94. The van der Waals surface area contributed by atoms with Gasteiger partial charge < -0.3 is 4.90 Å². The van der Waals surface area contributed by atoms with Crippen LogP contribution in [0.4, 0.5) is 5.69 Å². The molecule has 1 fully saturated rings. The number of nitrogens with zero attached hydrogens (tertiary/aromatic N) is 5. The lowest BCUT2D eigenvalue weighted by Gasteiger charge is -2.33. The first-order valence-electron chi connectivity index (χ1n) is 8.91. The van der Waals surface area contributed by atoms with E-state index in [9.17, 15) is 4.79 Å². The molecule has 1 saturated heterocycles. The third-order valence-electron chi connectivity index (χ3n) is 5.07. The molecule has 3 aromatic rings. The van der Waals surface area contributed by atoms with Crippen LogP contribution in [0, 0.1) is 0 Å². The fraction of sp³-hybridized carbons (Fsp3) is 0.316. The average Bonchev–Trinajstić information content (AvgIpc) is 3.11. The van der Waals surface area contributed by atoms with Gasteiger partial charge >= 0.3 is 0 Å². The van der Waals surface area contributed by atoms with Crippen LogP contribution in [0.2, 0.25) is 15.1 Å². The molecule has 0 radical (unpaired) electrons. The number of halogens is 3. The summed E-state index contributed by atoms with van der Waals surface area (Å²) in [6, 6.07) is 4.87. The fourth-order valence-corrected chi connectivity index (χ4v) is 4.31. The SMILES string of the molecule is Cn1cc(C2CCN(c3cnn(-c4ccc(Cl)cc4Cl)c(=O)c3Cl)CC2)cn1. The summed E-state index contributed by atoms with van der Waals surface area (Å²) in [5, 5.41) is 9.51. The Kier molecular flexibility index (Phi) is 5.36. The predicted octanol–water partition coefficient (Wildman–Crippen LogP) is 4.31. The van der Waals surface area contributed by atoms with Crippen molar-refractivity contribution in [1.82, 2.24) is 19.6 Å². The zero-order valence-corrected chi connectivity index (χ0v) is 17.4. The molecule has 9 heteroatoms. The second-order valence-corrected chi connectivity index (χ2v) is 8.09. The molecule has 0 unspecified atom stereocenters. The third-order valence-corrected chi connectivity index (χ3v) is 5.96. The van der Waals surface area contributed by atoms with E-state index in [-0.39, 0.29) is 5.02 Å². The van der Waals surface area contributed by atoms with Gasteiger partial charge in [-0.15, -0.1) is 0 Å². The molecular formula is C19H18Cl3N5O. The summed E-state index contributed by atoms with van der Waals surface area (Å²) in [5.74, 6) is 0.463. The summed E-state index contributed by atoms with van der Waals surface area (Å²) in [6.07, 6.45) is 7.54. The van der Waals surface area contributed by atoms with Crippen LogP contribution in [-0.4, -0.2) is 32.7 Å². The minimum Gasteiger partial charge on any atom is -0.369 e. The molecule has 0 saturated carbocycles. The number of hydrogen-bond donors (Lipinski definition) is 0. The van der Waals surface area contributed by atoms with E-state index < -0.39 is 5.56 Å². The molecule has 146 valence electrons. The average molecular weight is 439 g/mol. The van der Waals surface area contributed by atoms with Crippen LogP contribution in [0.3, 0.4) is 0 Å². The highest BCUT2D eigenvalue weighted by Gasteiger charge is 2.24. The van der Waals surface area contributed by atoms with Crippen LogP contribution >= 0.6 is 34.8 Å². The van der Waals surface area contributed by atoms with Gasteiger partial charge in [0.1, 0.15) is 5.02 Å². The zero-order chi connectivity index (χ0) is 19.8. The van der Waals surface area contributed by atoms with Crippen LogP contribution in [0.25, 0.3) is 5.69 Å². The van der Waals surface area contributed by atoms with Gasteiger partial charge in [0.2, 0.25) is 0 Å². The van der Waals surface area contributed by atoms with Gasteiger partial charge in [0.05, 0.1) is 28.8 Å². The third kappa shape index (κ3) is 3.64. The first-order chi connectivity index (χ1) is 13.4. The molecule has 0 amide bonds. The van der Waals surface area contributed by atoms with E-state index in [1.807, 2.05) is 17.9 Å². The maximum Gasteiger partial charge on any atom is 0.292 e. The largest absolute Gasteiger partial charge is 0.369 e. The summed E-state index contributed by atoms with van der Waals surface area (Å²) in [4.78, 5) is 14.9. The molecule has 28 heavy (non-hydrogen) atoms. The number of benzene rings is 1. The van der Waals surface area contributed by atoms with Gasteiger partial charge in [-0.2, -0.15) is 14.9 Å². The topological polar surface area (TPSA) is 56.0 Å². The van der Waals surface area contributed by atoms with Crippen molar-refractivity contribution in [2.75, 3.05) is 18.0 Å². The number of aromatic nitrogens is 4. The lowest BCUT2D eigenvalue weighted by Crippen LogP contribution is -2.35. The van der Waals surface area contributed by atoms with Gasteiger partial charge in [-0.1, -0.05) is 34.8 Å². The Balaban J connectivity index is 1.57. The van der Waals surface area contributed by atoms with Crippen molar-refractivity contribution in [3.05, 3.63) is 67.8 Å². The normalized spacial score (nSPS) is 15.2. The Labute approximate surface area is 177 Å². The molecule has 0 spiro atoms. The van der Waals surface area contributed by atoms with E-state index >= 15 is 0 Å². The summed E-state index contributed by atoms with van der Waals surface area (Å²) >= 11 is 18.6. The van der Waals surface area contributed by atoms with E-state index in [4.69, 9.17) is 34.8 Å². The molecule has 0 atom stereocenters. The van der Waals surface area contributed by atoms with Gasteiger partial charge in [0.15, 0.2) is 0 Å². The molecule has 0 N–H and O–H groups in total. The second kappa shape index (κ2) is 7.78. The predicted molar refractivity (Wildman–Crippen MR) is 112 cm³/mol. The van der Waals surface area contributed by atoms with E-state index in [0.717, 1.165) is 25.9 Å². The molecule has 6 nitrogen and oxygen atoms in total. The van der Waals surface area contributed by atoms with Crippen LogP contribution in [0.15, 0.2) is 41.6 Å². The second-order valence-electron chi connectivity index (χ2n) is 6.87. The zero-order valence-electron chi connectivity index (χ0n) is 15.1. The van der Waals surface area contributed by atoms with Crippen molar-refractivity contribution >= 4 is 40.5 Å². The van der Waals surface area contributed by atoms with Gasteiger partial charge in [-0.3, -0.25) is 9.48 Å². The van der Waals surface area contributed by atoms with Crippen molar-refractivity contribution in [2.45, 2.75) is 18.8 Å². The number of aryl methyl sites for hydroxylation is 1. The maximum absolute atomic E-state index is 12.8. The Morgan fingerprint density at radius 3 is 2.43 bits per heavy atom. The molecule has 1 aliphatic rings. The van der Waals surface area contributed by atoms with Crippen molar-refractivity contribution in [1.29, 1.82) is 0 Å². The fourth-order valence-electron chi connectivity index (χ4n) is 3.57. The van der Waals surface area contributed by atoms with Gasteiger partial charge in [0, 0.05) is 31.4 Å². The number of piperidine rings is 1. The number of anilines is 1. The van der Waals surface area contributed by atoms with E-state index in [0.29, 0.717) is 27.3 Å². The van der Waals surface area contributed by atoms with Gasteiger partial charge in [0.25, 0.3) is 5.56 Å². The molecule has 3 heterocycles. The lowest BCUT2D eigenvalue weighted by atomic mass is 9.91. The molecule has 2 aromatic heterocycles.